The van der Waals surface area contributed by atoms with Crippen molar-refractivity contribution < 1.29 is 9.59 Å². The van der Waals surface area contributed by atoms with E-state index in [1.54, 1.807) is 0 Å². The Kier molecular flexibility index (Phi) is 3.52. The Hall–Kier alpha value is -0.900. The molecule has 2 fully saturated rings. The van der Waals surface area contributed by atoms with Crippen LogP contribution in [-0.2, 0) is 9.59 Å². The molecule has 0 aromatic rings. The fourth-order valence-electron chi connectivity index (χ4n) is 3.19. The van der Waals surface area contributed by atoms with Crippen LogP contribution in [0.25, 0.3) is 0 Å². The third-order valence-electron chi connectivity index (χ3n) is 4.22. The fraction of sp³-hybridized carbons (Fsp3) is 0.846. The standard InChI is InChI=1S/C13H22N2O2/c1-8(2)11(7-14)15-12(16)9-5-3-4-6-10(9)13(15)17/h8-11H,3-7,14H2,1-2H3. The van der Waals surface area contributed by atoms with Crippen LogP contribution < -0.4 is 5.73 Å². The van der Waals surface area contributed by atoms with Crippen molar-refractivity contribution in [1.82, 2.24) is 4.90 Å². The molecule has 1 aliphatic carbocycles. The molecule has 0 aromatic carbocycles. The van der Waals surface area contributed by atoms with Crippen LogP contribution in [0.2, 0.25) is 0 Å². The summed E-state index contributed by atoms with van der Waals surface area (Å²) in [6.45, 7) is 4.40. The summed E-state index contributed by atoms with van der Waals surface area (Å²) in [5.41, 5.74) is 5.72. The van der Waals surface area contributed by atoms with Crippen molar-refractivity contribution in [3.63, 3.8) is 0 Å². The molecule has 2 rings (SSSR count). The van der Waals surface area contributed by atoms with Gasteiger partial charge in [0.2, 0.25) is 11.8 Å². The first-order valence-corrected chi connectivity index (χ1v) is 6.65. The minimum atomic E-state index is -0.124. The Morgan fingerprint density at radius 2 is 1.65 bits per heavy atom. The predicted octanol–water partition coefficient (Wildman–Crippen LogP) is 1.14. The summed E-state index contributed by atoms with van der Waals surface area (Å²) in [5, 5.41) is 0. The third kappa shape index (κ3) is 1.99. The number of amides is 2. The third-order valence-corrected chi connectivity index (χ3v) is 4.22. The number of nitrogens with two attached hydrogens (primary N) is 1. The summed E-state index contributed by atoms with van der Waals surface area (Å²) < 4.78 is 0. The predicted molar refractivity (Wildman–Crippen MR) is 65.0 cm³/mol. The number of rotatable bonds is 3. The molecule has 0 radical (unpaired) electrons. The van der Waals surface area contributed by atoms with Gasteiger partial charge in [0.05, 0.1) is 17.9 Å². The van der Waals surface area contributed by atoms with Crippen molar-refractivity contribution in [2.45, 2.75) is 45.6 Å². The molecule has 96 valence electrons. The molecule has 3 atom stereocenters. The lowest BCUT2D eigenvalue weighted by Crippen LogP contribution is -2.47. The lowest BCUT2D eigenvalue weighted by Gasteiger charge is -2.28. The van der Waals surface area contributed by atoms with E-state index in [1.807, 2.05) is 13.8 Å². The van der Waals surface area contributed by atoms with E-state index in [2.05, 4.69) is 0 Å². The smallest absolute Gasteiger partial charge is 0.233 e. The fourth-order valence-corrected chi connectivity index (χ4v) is 3.19. The highest BCUT2D eigenvalue weighted by molar-refractivity contribution is 6.05. The van der Waals surface area contributed by atoms with Crippen molar-refractivity contribution in [1.29, 1.82) is 0 Å². The molecule has 0 bridgehead atoms. The summed E-state index contributed by atoms with van der Waals surface area (Å²) in [6.07, 6.45) is 3.90. The van der Waals surface area contributed by atoms with Gasteiger partial charge in [0.25, 0.3) is 0 Å². The van der Waals surface area contributed by atoms with Gasteiger partial charge in [-0.3, -0.25) is 14.5 Å². The van der Waals surface area contributed by atoms with Crippen LogP contribution in [0.5, 0.6) is 0 Å². The molecule has 0 spiro atoms. The number of nitrogens with zero attached hydrogens (tertiary/aromatic N) is 1. The van der Waals surface area contributed by atoms with Gasteiger partial charge in [-0.2, -0.15) is 0 Å². The van der Waals surface area contributed by atoms with Gasteiger partial charge in [-0.1, -0.05) is 26.7 Å². The lowest BCUT2D eigenvalue weighted by atomic mass is 9.81. The highest BCUT2D eigenvalue weighted by Crippen LogP contribution is 2.39. The summed E-state index contributed by atoms with van der Waals surface area (Å²) in [4.78, 5) is 26.1. The quantitative estimate of drug-likeness (QED) is 0.750. The molecule has 1 saturated carbocycles. The molecule has 3 unspecified atom stereocenters. The van der Waals surface area contributed by atoms with Gasteiger partial charge < -0.3 is 5.73 Å². The number of carbonyl (C=O) groups excluding carboxylic acids is 2. The number of carbonyl (C=O) groups is 2. The van der Waals surface area contributed by atoms with Crippen LogP contribution in [0.1, 0.15) is 39.5 Å². The zero-order chi connectivity index (χ0) is 12.6. The Bertz CT molecular complexity index is 303. The molecule has 2 amide bonds. The maximum atomic E-state index is 12.3. The molecule has 2 N–H and O–H groups in total. The highest BCUT2D eigenvalue weighted by atomic mass is 16.2. The zero-order valence-corrected chi connectivity index (χ0v) is 10.7. The van der Waals surface area contributed by atoms with Crippen LogP contribution in [-0.4, -0.2) is 29.3 Å². The van der Waals surface area contributed by atoms with Gasteiger partial charge in [0.15, 0.2) is 0 Å². The average Bonchev–Trinajstić information content (AvgIpc) is 2.56. The summed E-state index contributed by atoms with van der Waals surface area (Å²) in [6, 6.07) is -0.124. The van der Waals surface area contributed by atoms with Gasteiger partial charge >= 0.3 is 0 Å². The maximum Gasteiger partial charge on any atom is 0.233 e. The largest absolute Gasteiger partial charge is 0.328 e. The van der Waals surface area contributed by atoms with E-state index in [9.17, 15) is 9.59 Å². The summed E-state index contributed by atoms with van der Waals surface area (Å²) >= 11 is 0. The summed E-state index contributed by atoms with van der Waals surface area (Å²) in [7, 11) is 0. The van der Waals surface area contributed by atoms with E-state index in [0.29, 0.717) is 6.54 Å². The van der Waals surface area contributed by atoms with Gasteiger partial charge in [0.1, 0.15) is 0 Å². The van der Waals surface area contributed by atoms with Gasteiger partial charge in [-0.15, -0.1) is 0 Å². The van der Waals surface area contributed by atoms with Crippen LogP contribution in [0.3, 0.4) is 0 Å². The van der Waals surface area contributed by atoms with Gasteiger partial charge in [-0.25, -0.2) is 0 Å². The number of fused-ring (bicyclic) bond motifs is 1. The van der Waals surface area contributed by atoms with Crippen molar-refractivity contribution in [3.8, 4) is 0 Å². The van der Waals surface area contributed by atoms with E-state index < -0.39 is 0 Å². The van der Waals surface area contributed by atoms with E-state index in [1.165, 1.54) is 4.90 Å². The zero-order valence-electron chi connectivity index (χ0n) is 10.7. The number of imide groups is 1. The minimum absolute atomic E-state index is 0.0313. The number of hydrogen-bond donors (Lipinski definition) is 1. The number of likely N-dealkylation sites (tertiary alicyclic amines) is 1. The van der Waals surface area contributed by atoms with E-state index in [-0.39, 0.29) is 35.6 Å². The molecule has 2 aliphatic rings. The van der Waals surface area contributed by atoms with Crippen LogP contribution >= 0.6 is 0 Å². The molecule has 4 nitrogen and oxygen atoms in total. The minimum Gasteiger partial charge on any atom is -0.328 e. The van der Waals surface area contributed by atoms with Crippen LogP contribution in [0.15, 0.2) is 0 Å². The second kappa shape index (κ2) is 4.77. The van der Waals surface area contributed by atoms with E-state index >= 15 is 0 Å². The Balaban J connectivity index is 2.23. The SMILES string of the molecule is CC(C)C(CN)N1C(=O)C2CCCCC2C1=O. The van der Waals surface area contributed by atoms with E-state index in [0.717, 1.165) is 25.7 Å². The van der Waals surface area contributed by atoms with Gasteiger partial charge in [0, 0.05) is 6.54 Å². The molecular formula is C13H22N2O2. The Labute approximate surface area is 103 Å². The Morgan fingerprint density at radius 3 is 2.00 bits per heavy atom. The molecule has 1 saturated heterocycles. The van der Waals surface area contributed by atoms with Crippen LogP contribution in [0.4, 0.5) is 0 Å². The van der Waals surface area contributed by atoms with Crippen molar-refractivity contribution in [3.05, 3.63) is 0 Å². The molecule has 17 heavy (non-hydrogen) atoms. The lowest BCUT2D eigenvalue weighted by molar-refractivity contribution is -0.143. The second-order valence-corrected chi connectivity index (χ2v) is 5.59. The topological polar surface area (TPSA) is 63.4 Å². The molecular weight excluding hydrogens is 216 g/mol. The maximum absolute atomic E-state index is 12.3. The first kappa shape index (κ1) is 12.6. The van der Waals surface area contributed by atoms with E-state index in [4.69, 9.17) is 5.73 Å². The molecule has 1 heterocycles. The average molecular weight is 238 g/mol. The van der Waals surface area contributed by atoms with Gasteiger partial charge in [-0.05, 0) is 18.8 Å². The van der Waals surface area contributed by atoms with Crippen molar-refractivity contribution >= 4 is 11.8 Å². The number of hydrogen-bond acceptors (Lipinski definition) is 3. The van der Waals surface area contributed by atoms with Crippen molar-refractivity contribution in [2.75, 3.05) is 6.54 Å². The first-order chi connectivity index (χ1) is 8.07. The second-order valence-electron chi connectivity index (χ2n) is 5.59. The van der Waals surface area contributed by atoms with Crippen molar-refractivity contribution in [2.24, 2.45) is 23.5 Å². The first-order valence-electron chi connectivity index (χ1n) is 6.65. The Morgan fingerprint density at radius 1 is 1.18 bits per heavy atom. The molecule has 1 aliphatic heterocycles. The molecule has 4 heteroatoms. The summed E-state index contributed by atoms with van der Waals surface area (Å²) in [5.74, 6) is 0.189. The monoisotopic (exact) mass is 238 g/mol. The highest BCUT2D eigenvalue weighted by Gasteiger charge is 2.50. The van der Waals surface area contributed by atoms with Crippen LogP contribution in [0, 0.1) is 17.8 Å². The molecule has 0 aromatic heterocycles. The normalized spacial score (nSPS) is 30.9.